The maximum Gasteiger partial charge on any atom is 0.251 e. The van der Waals surface area contributed by atoms with Gasteiger partial charge in [0, 0.05) is 25.6 Å². The number of hydrogen-bond donors (Lipinski definition) is 3. The lowest BCUT2D eigenvalue weighted by Crippen LogP contribution is -2.26. The minimum Gasteiger partial charge on any atom is -0.355 e. The molecule has 1 fully saturated rings. The number of carbonyl (C=O) groups is 2. The molecule has 1 aliphatic heterocycles. The highest BCUT2D eigenvalue weighted by Gasteiger charge is 2.17. The van der Waals surface area contributed by atoms with Crippen LogP contribution in [0.4, 0.5) is 0 Å². The van der Waals surface area contributed by atoms with Gasteiger partial charge in [-0.1, -0.05) is 12.1 Å². The Hall–Kier alpha value is -1.59. The highest BCUT2D eigenvalue weighted by atomic mass is 35.5. The van der Waals surface area contributed by atoms with E-state index in [0.717, 1.165) is 25.1 Å². The Morgan fingerprint density at radius 3 is 2.57 bits per heavy atom. The normalized spacial score (nSPS) is 16.9. The van der Waals surface area contributed by atoms with Crippen molar-refractivity contribution in [2.24, 2.45) is 5.92 Å². The fourth-order valence-electron chi connectivity index (χ4n) is 2.34. The smallest absolute Gasteiger partial charge is 0.251 e. The second-order valence-corrected chi connectivity index (χ2v) is 5.12. The molecule has 0 spiro atoms. The zero-order chi connectivity index (χ0) is 14.4. The summed E-state index contributed by atoms with van der Waals surface area (Å²) in [6, 6.07) is 7.26. The molecule has 0 saturated carbocycles. The van der Waals surface area contributed by atoms with Crippen molar-refractivity contribution >= 4 is 24.2 Å². The lowest BCUT2D eigenvalue weighted by atomic mass is 10.0. The molecular formula is C15H22ClN3O2. The molecule has 0 aromatic heterocycles. The molecule has 1 atom stereocenters. The van der Waals surface area contributed by atoms with Gasteiger partial charge in [0.25, 0.3) is 5.91 Å². The molecule has 0 radical (unpaired) electrons. The van der Waals surface area contributed by atoms with Gasteiger partial charge in [0.2, 0.25) is 5.91 Å². The van der Waals surface area contributed by atoms with Crippen LogP contribution in [-0.4, -0.2) is 32.0 Å². The van der Waals surface area contributed by atoms with Gasteiger partial charge in [0.1, 0.15) is 0 Å². The number of amides is 2. The fraction of sp³-hybridized carbons (Fsp3) is 0.467. The van der Waals surface area contributed by atoms with Crippen molar-refractivity contribution in [3.63, 3.8) is 0 Å². The molecule has 116 valence electrons. The van der Waals surface area contributed by atoms with E-state index >= 15 is 0 Å². The van der Waals surface area contributed by atoms with E-state index < -0.39 is 0 Å². The van der Waals surface area contributed by atoms with Crippen LogP contribution < -0.4 is 16.0 Å². The van der Waals surface area contributed by atoms with E-state index in [2.05, 4.69) is 16.0 Å². The van der Waals surface area contributed by atoms with Gasteiger partial charge in [-0.3, -0.25) is 9.59 Å². The van der Waals surface area contributed by atoms with Crippen molar-refractivity contribution in [1.82, 2.24) is 16.0 Å². The summed E-state index contributed by atoms with van der Waals surface area (Å²) in [5, 5.41) is 8.75. The van der Waals surface area contributed by atoms with E-state index in [0.29, 0.717) is 24.4 Å². The summed E-state index contributed by atoms with van der Waals surface area (Å²) in [5.41, 5.74) is 1.62. The van der Waals surface area contributed by atoms with Crippen molar-refractivity contribution in [3.05, 3.63) is 35.4 Å². The summed E-state index contributed by atoms with van der Waals surface area (Å²) in [6.07, 6.45) is 1.66. The van der Waals surface area contributed by atoms with Gasteiger partial charge in [0.15, 0.2) is 0 Å². The van der Waals surface area contributed by atoms with Crippen LogP contribution in [0.5, 0.6) is 0 Å². The Bertz CT molecular complexity index is 470. The molecule has 1 unspecified atom stereocenters. The molecule has 6 heteroatoms. The van der Waals surface area contributed by atoms with E-state index in [4.69, 9.17) is 0 Å². The highest BCUT2D eigenvalue weighted by Crippen LogP contribution is 2.12. The lowest BCUT2D eigenvalue weighted by Gasteiger charge is -2.09. The summed E-state index contributed by atoms with van der Waals surface area (Å²) in [7, 11) is 1.61. The Labute approximate surface area is 131 Å². The predicted octanol–water partition coefficient (Wildman–Crippen LogP) is 1.08. The second kappa shape index (κ2) is 8.64. The van der Waals surface area contributed by atoms with Gasteiger partial charge in [-0.2, -0.15) is 0 Å². The summed E-state index contributed by atoms with van der Waals surface area (Å²) in [4.78, 5) is 23.2. The Morgan fingerprint density at radius 1 is 1.29 bits per heavy atom. The number of nitrogens with one attached hydrogen (secondary N) is 3. The first-order valence-electron chi connectivity index (χ1n) is 6.97. The van der Waals surface area contributed by atoms with E-state index in [1.807, 2.05) is 12.1 Å². The minimum absolute atomic E-state index is 0. The third kappa shape index (κ3) is 5.36. The molecule has 2 amide bonds. The molecule has 1 aliphatic rings. The predicted molar refractivity (Wildman–Crippen MR) is 84.5 cm³/mol. The largest absolute Gasteiger partial charge is 0.355 e. The highest BCUT2D eigenvalue weighted by molar-refractivity contribution is 5.93. The van der Waals surface area contributed by atoms with Crippen molar-refractivity contribution in [2.75, 3.05) is 20.1 Å². The SMILES string of the molecule is CNC(=O)c1ccc(CNC(=O)CC2CCNC2)cc1.Cl. The Morgan fingerprint density at radius 2 is 2.00 bits per heavy atom. The lowest BCUT2D eigenvalue weighted by molar-refractivity contribution is -0.122. The first-order valence-corrected chi connectivity index (χ1v) is 6.97. The molecule has 0 aliphatic carbocycles. The molecule has 1 heterocycles. The van der Waals surface area contributed by atoms with Crippen LogP contribution >= 0.6 is 12.4 Å². The summed E-state index contributed by atoms with van der Waals surface area (Å²) in [6.45, 7) is 2.46. The average Bonchev–Trinajstić information content (AvgIpc) is 2.97. The first kappa shape index (κ1) is 17.5. The van der Waals surface area contributed by atoms with Crippen LogP contribution in [0, 0.1) is 5.92 Å². The molecule has 1 saturated heterocycles. The number of rotatable bonds is 5. The molecule has 5 nitrogen and oxygen atoms in total. The zero-order valence-corrected chi connectivity index (χ0v) is 13.0. The molecule has 0 bridgehead atoms. The van der Waals surface area contributed by atoms with Crippen LogP contribution in [-0.2, 0) is 11.3 Å². The standard InChI is InChI=1S/C15H21N3O2.ClH/c1-16-15(20)13-4-2-11(3-5-13)10-18-14(19)8-12-6-7-17-9-12;/h2-5,12,17H,6-10H2,1H3,(H,16,20)(H,18,19);1H. The minimum atomic E-state index is -0.102. The van der Waals surface area contributed by atoms with Crippen LogP contribution in [0.3, 0.4) is 0 Å². The number of benzene rings is 1. The summed E-state index contributed by atoms with van der Waals surface area (Å²) >= 11 is 0. The maximum absolute atomic E-state index is 11.8. The van der Waals surface area contributed by atoms with E-state index in [1.165, 1.54) is 0 Å². The Balaban J connectivity index is 0.00000220. The van der Waals surface area contributed by atoms with Crippen molar-refractivity contribution < 1.29 is 9.59 Å². The van der Waals surface area contributed by atoms with Gasteiger partial charge in [-0.25, -0.2) is 0 Å². The van der Waals surface area contributed by atoms with Crippen molar-refractivity contribution in [2.45, 2.75) is 19.4 Å². The van der Waals surface area contributed by atoms with E-state index in [9.17, 15) is 9.59 Å². The molecule has 1 aromatic carbocycles. The zero-order valence-electron chi connectivity index (χ0n) is 12.1. The monoisotopic (exact) mass is 311 g/mol. The van der Waals surface area contributed by atoms with Gasteiger partial charge < -0.3 is 16.0 Å². The van der Waals surface area contributed by atoms with E-state index in [-0.39, 0.29) is 24.2 Å². The average molecular weight is 312 g/mol. The molecule has 3 N–H and O–H groups in total. The number of halogens is 1. The molecule has 2 rings (SSSR count). The van der Waals surface area contributed by atoms with Gasteiger partial charge >= 0.3 is 0 Å². The Kier molecular flexibility index (Phi) is 7.19. The third-order valence-corrected chi connectivity index (χ3v) is 3.57. The van der Waals surface area contributed by atoms with Crippen LogP contribution in [0.25, 0.3) is 0 Å². The number of hydrogen-bond acceptors (Lipinski definition) is 3. The molecule has 1 aromatic rings. The first-order chi connectivity index (χ1) is 9.69. The van der Waals surface area contributed by atoms with E-state index in [1.54, 1.807) is 19.2 Å². The van der Waals surface area contributed by atoms with Crippen molar-refractivity contribution in [3.8, 4) is 0 Å². The van der Waals surface area contributed by atoms with Crippen LogP contribution in [0.15, 0.2) is 24.3 Å². The van der Waals surface area contributed by atoms with Crippen molar-refractivity contribution in [1.29, 1.82) is 0 Å². The summed E-state index contributed by atoms with van der Waals surface area (Å²) < 4.78 is 0. The maximum atomic E-state index is 11.8. The third-order valence-electron chi connectivity index (χ3n) is 3.57. The van der Waals surface area contributed by atoms with Gasteiger partial charge in [-0.15, -0.1) is 12.4 Å². The second-order valence-electron chi connectivity index (χ2n) is 5.12. The number of carbonyl (C=O) groups excluding carboxylic acids is 2. The quantitative estimate of drug-likeness (QED) is 0.762. The fourth-order valence-corrected chi connectivity index (χ4v) is 2.34. The van der Waals surface area contributed by atoms with Gasteiger partial charge in [0.05, 0.1) is 0 Å². The van der Waals surface area contributed by atoms with Crippen LogP contribution in [0.2, 0.25) is 0 Å². The summed E-state index contributed by atoms with van der Waals surface area (Å²) in [5.74, 6) is 0.453. The van der Waals surface area contributed by atoms with Gasteiger partial charge in [-0.05, 0) is 43.1 Å². The molecular weight excluding hydrogens is 290 g/mol. The molecule has 21 heavy (non-hydrogen) atoms. The van der Waals surface area contributed by atoms with Crippen LogP contribution in [0.1, 0.15) is 28.8 Å². The topological polar surface area (TPSA) is 70.2 Å².